The first kappa shape index (κ1) is 21.1. The standard InChI is InChI=1S/C22H28FN3O3/c1-25-10-12-26(13-11-25)19(16-4-7-18(23)8-5-16)15-24-22(27)17-6-9-20(28-2)21(14-17)29-3/h4-9,14,19H,10-13,15H2,1-3H3,(H,24,27). The molecule has 1 aliphatic heterocycles. The molecule has 0 aliphatic carbocycles. The van der Waals surface area contributed by atoms with Crippen LogP contribution in [0.5, 0.6) is 11.5 Å². The minimum absolute atomic E-state index is 0.0200. The third kappa shape index (κ3) is 5.25. The molecule has 1 N–H and O–H groups in total. The number of rotatable bonds is 7. The van der Waals surface area contributed by atoms with Gasteiger partial charge in [-0.3, -0.25) is 9.69 Å². The first-order valence-corrected chi connectivity index (χ1v) is 9.70. The summed E-state index contributed by atoms with van der Waals surface area (Å²) in [7, 11) is 5.20. The van der Waals surface area contributed by atoms with Gasteiger partial charge in [-0.2, -0.15) is 0 Å². The van der Waals surface area contributed by atoms with Crippen molar-refractivity contribution >= 4 is 5.91 Å². The Morgan fingerprint density at radius 2 is 1.69 bits per heavy atom. The maximum absolute atomic E-state index is 13.4. The summed E-state index contributed by atoms with van der Waals surface area (Å²) in [6, 6.07) is 11.6. The Balaban J connectivity index is 1.74. The van der Waals surface area contributed by atoms with E-state index >= 15 is 0 Å². The number of nitrogens with one attached hydrogen (secondary N) is 1. The van der Waals surface area contributed by atoms with Gasteiger partial charge in [0, 0.05) is 38.3 Å². The molecule has 0 aromatic heterocycles. The van der Waals surface area contributed by atoms with Crippen LogP contribution in [0.3, 0.4) is 0 Å². The van der Waals surface area contributed by atoms with Crippen molar-refractivity contribution < 1.29 is 18.7 Å². The summed E-state index contributed by atoms with van der Waals surface area (Å²) in [5, 5.41) is 3.03. The molecule has 2 aromatic carbocycles. The van der Waals surface area contributed by atoms with Gasteiger partial charge in [0.25, 0.3) is 5.91 Å². The number of nitrogens with zero attached hydrogens (tertiary/aromatic N) is 2. The topological polar surface area (TPSA) is 54.0 Å². The molecule has 2 aromatic rings. The lowest BCUT2D eigenvalue weighted by Crippen LogP contribution is -2.48. The Kier molecular flexibility index (Phi) is 7.06. The van der Waals surface area contributed by atoms with Crippen molar-refractivity contribution in [2.45, 2.75) is 6.04 Å². The van der Waals surface area contributed by atoms with Crippen LogP contribution in [-0.2, 0) is 0 Å². The van der Waals surface area contributed by atoms with Crippen molar-refractivity contribution in [3.63, 3.8) is 0 Å². The number of halogens is 1. The van der Waals surface area contributed by atoms with E-state index in [1.54, 1.807) is 37.4 Å². The van der Waals surface area contributed by atoms with Crippen molar-refractivity contribution in [3.8, 4) is 11.5 Å². The Labute approximate surface area is 171 Å². The van der Waals surface area contributed by atoms with Crippen molar-refractivity contribution in [1.29, 1.82) is 0 Å². The molecule has 7 heteroatoms. The fourth-order valence-electron chi connectivity index (χ4n) is 3.55. The van der Waals surface area contributed by atoms with Gasteiger partial charge in [-0.05, 0) is 42.9 Å². The van der Waals surface area contributed by atoms with E-state index in [4.69, 9.17) is 9.47 Å². The molecule has 29 heavy (non-hydrogen) atoms. The third-order valence-corrected chi connectivity index (χ3v) is 5.34. The first-order valence-electron chi connectivity index (χ1n) is 9.70. The summed E-state index contributed by atoms with van der Waals surface area (Å²) in [5.41, 5.74) is 1.49. The second kappa shape index (κ2) is 9.71. The maximum atomic E-state index is 13.4. The van der Waals surface area contributed by atoms with E-state index in [0.29, 0.717) is 23.6 Å². The average Bonchev–Trinajstić information content (AvgIpc) is 2.75. The zero-order chi connectivity index (χ0) is 20.8. The number of methoxy groups -OCH3 is 2. The molecule has 0 radical (unpaired) electrons. The first-order chi connectivity index (χ1) is 14.0. The normalized spacial score (nSPS) is 16.3. The zero-order valence-corrected chi connectivity index (χ0v) is 17.2. The van der Waals surface area contributed by atoms with Gasteiger partial charge in [-0.25, -0.2) is 4.39 Å². The van der Waals surface area contributed by atoms with Crippen LogP contribution in [0.2, 0.25) is 0 Å². The van der Waals surface area contributed by atoms with Crippen LogP contribution >= 0.6 is 0 Å². The molecular formula is C22H28FN3O3. The lowest BCUT2D eigenvalue weighted by atomic mass is 10.0. The molecule has 6 nitrogen and oxygen atoms in total. The van der Waals surface area contributed by atoms with E-state index < -0.39 is 0 Å². The van der Waals surface area contributed by atoms with E-state index in [2.05, 4.69) is 22.2 Å². The number of carbonyl (C=O) groups is 1. The number of benzene rings is 2. The predicted molar refractivity (Wildman–Crippen MR) is 110 cm³/mol. The number of hydrogen-bond acceptors (Lipinski definition) is 5. The second-order valence-electron chi connectivity index (χ2n) is 7.19. The van der Waals surface area contributed by atoms with Gasteiger partial charge in [0.1, 0.15) is 5.82 Å². The molecule has 1 atom stereocenters. The average molecular weight is 401 g/mol. The summed E-state index contributed by atoms with van der Waals surface area (Å²) in [4.78, 5) is 17.4. The number of carbonyl (C=O) groups excluding carboxylic acids is 1. The smallest absolute Gasteiger partial charge is 0.251 e. The largest absolute Gasteiger partial charge is 0.493 e. The number of piperazine rings is 1. The van der Waals surface area contributed by atoms with Gasteiger partial charge in [0.05, 0.1) is 20.3 Å². The van der Waals surface area contributed by atoms with Gasteiger partial charge in [-0.1, -0.05) is 12.1 Å². The van der Waals surface area contributed by atoms with E-state index in [1.807, 2.05) is 0 Å². The highest BCUT2D eigenvalue weighted by Gasteiger charge is 2.25. The third-order valence-electron chi connectivity index (χ3n) is 5.34. The van der Waals surface area contributed by atoms with Crippen LogP contribution in [0.15, 0.2) is 42.5 Å². The van der Waals surface area contributed by atoms with Gasteiger partial charge in [0.15, 0.2) is 11.5 Å². The van der Waals surface area contributed by atoms with E-state index in [0.717, 1.165) is 31.7 Å². The molecule has 3 rings (SSSR count). The van der Waals surface area contributed by atoms with Gasteiger partial charge < -0.3 is 19.7 Å². The number of ether oxygens (including phenoxy) is 2. The summed E-state index contributed by atoms with van der Waals surface area (Å²) >= 11 is 0. The molecule has 0 saturated carbocycles. The van der Waals surface area contributed by atoms with E-state index in [1.165, 1.54) is 19.2 Å². The summed E-state index contributed by atoms with van der Waals surface area (Å²) in [6.45, 7) is 4.14. The molecular weight excluding hydrogens is 373 g/mol. The Bertz CT molecular complexity index is 821. The molecule has 0 spiro atoms. The Morgan fingerprint density at radius 1 is 1.03 bits per heavy atom. The lowest BCUT2D eigenvalue weighted by Gasteiger charge is -2.38. The minimum atomic E-state index is -0.264. The van der Waals surface area contributed by atoms with E-state index in [-0.39, 0.29) is 17.8 Å². The molecule has 0 bridgehead atoms. The van der Waals surface area contributed by atoms with Gasteiger partial charge in [-0.15, -0.1) is 0 Å². The van der Waals surface area contributed by atoms with Crippen LogP contribution < -0.4 is 14.8 Å². The minimum Gasteiger partial charge on any atom is -0.493 e. The molecule has 1 aliphatic rings. The van der Waals surface area contributed by atoms with Crippen molar-refractivity contribution in [2.75, 3.05) is 54.0 Å². The second-order valence-corrected chi connectivity index (χ2v) is 7.19. The van der Waals surface area contributed by atoms with Crippen molar-refractivity contribution in [3.05, 3.63) is 59.4 Å². The molecule has 1 unspecified atom stereocenters. The number of likely N-dealkylation sites (N-methyl/N-ethyl adjacent to an activating group) is 1. The fourth-order valence-corrected chi connectivity index (χ4v) is 3.55. The molecule has 1 amide bonds. The SMILES string of the molecule is COc1ccc(C(=O)NCC(c2ccc(F)cc2)N2CCN(C)CC2)cc1OC. The fraction of sp³-hybridized carbons (Fsp3) is 0.409. The quantitative estimate of drug-likeness (QED) is 0.773. The highest BCUT2D eigenvalue weighted by atomic mass is 19.1. The molecule has 1 saturated heterocycles. The number of hydrogen-bond donors (Lipinski definition) is 1. The summed E-state index contributed by atoms with van der Waals surface area (Å²) in [5.74, 6) is 0.632. The van der Waals surface area contributed by atoms with Crippen molar-refractivity contribution in [2.24, 2.45) is 0 Å². The van der Waals surface area contributed by atoms with Gasteiger partial charge >= 0.3 is 0 Å². The molecule has 156 valence electrons. The maximum Gasteiger partial charge on any atom is 0.251 e. The zero-order valence-electron chi connectivity index (χ0n) is 17.2. The van der Waals surface area contributed by atoms with Crippen LogP contribution in [0.1, 0.15) is 22.0 Å². The summed E-state index contributed by atoms with van der Waals surface area (Å²) in [6.07, 6.45) is 0. The monoisotopic (exact) mass is 401 g/mol. The Morgan fingerprint density at radius 3 is 2.31 bits per heavy atom. The highest BCUT2D eigenvalue weighted by Crippen LogP contribution is 2.28. The lowest BCUT2D eigenvalue weighted by molar-refractivity contribution is 0.0886. The highest BCUT2D eigenvalue weighted by molar-refractivity contribution is 5.94. The van der Waals surface area contributed by atoms with Gasteiger partial charge in [0.2, 0.25) is 0 Å². The Hall–Kier alpha value is -2.64. The molecule has 1 fully saturated rings. The van der Waals surface area contributed by atoms with Crippen molar-refractivity contribution in [1.82, 2.24) is 15.1 Å². The molecule has 1 heterocycles. The van der Waals surface area contributed by atoms with Crippen LogP contribution in [-0.4, -0.2) is 69.7 Å². The number of amides is 1. The predicted octanol–water partition coefficient (Wildman–Crippen LogP) is 2.56. The van der Waals surface area contributed by atoms with E-state index in [9.17, 15) is 9.18 Å². The van der Waals surface area contributed by atoms with Crippen LogP contribution in [0.4, 0.5) is 4.39 Å². The van der Waals surface area contributed by atoms with Crippen LogP contribution in [0.25, 0.3) is 0 Å². The summed E-state index contributed by atoms with van der Waals surface area (Å²) < 4.78 is 23.9. The van der Waals surface area contributed by atoms with Crippen LogP contribution in [0, 0.1) is 5.82 Å².